The number of hydrogen-bond donors (Lipinski definition) is 2. The molecule has 0 aromatic heterocycles. The van der Waals surface area contributed by atoms with Crippen LogP contribution in [0.4, 0.5) is 0 Å². The molecule has 23 heavy (non-hydrogen) atoms. The lowest BCUT2D eigenvalue weighted by Gasteiger charge is -2.12. The van der Waals surface area contributed by atoms with Crippen molar-refractivity contribution in [1.82, 2.24) is 5.32 Å². The Bertz CT molecular complexity index is 687. The van der Waals surface area contributed by atoms with E-state index in [1.807, 2.05) is 32.0 Å². The number of nitrogens with one attached hydrogen (secondary N) is 1. The van der Waals surface area contributed by atoms with E-state index in [4.69, 9.17) is 9.84 Å². The first-order valence-electron chi connectivity index (χ1n) is 7.25. The fourth-order valence-corrected chi connectivity index (χ4v) is 2.18. The van der Waals surface area contributed by atoms with Crippen molar-refractivity contribution in [2.75, 3.05) is 6.61 Å². The minimum atomic E-state index is -0.970. The molecule has 1 amide bonds. The monoisotopic (exact) mass is 313 g/mol. The van der Waals surface area contributed by atoms with Gasteiger partial charge in [0.05, 0.1) is 5.56 Å². The van der Waals surface area contributed by atoms with E-state index in [2.05, 4.69) is 5.32 Å². The van der Waals surface area contributed by atoms with Crippen molar-refractivity contribution in [1.29, 1.82) is 0 Å². The van der Waals surface area contributed by atoms with E-state index in [0.717, 1.165) is 22.4 Å². The lowest BCUT2D eigenvalue weighted by molar-refractivity contribution is -0.123. The summed E-state index contributed by atoms with van der Waals surface area (Å²) in [5, 5.41) is 11.6. The first-order chi connectivity index (χ1) is 11.0. The third-order valence-corrected chi connectivity index (χ3v) is 3.45. The minimum Gasteiger partial charge on any atom is -0.483 e. The van der Waals surface area contributed by atoms with Crippen LogP contribution in [-0.2, 0) is 11.3 Å². The minimum absolute atomic E-state index is 0.0566. The van der Waals surface area contributed by atoms with Crippen molar-refractivity contribution in [2.24, 2.45) is 0 Å². The van der Waals surface area contributed by atoms with Gasteiger partial charge in [0.15, 0.2) is 6.61 Å². The van der Waals surface area contributed by atoms with Crippen LogP contribution < -0.4 is 10.1 Å². The highest BCUT2D eigenvalue weighted by molar-refractivity contribution is 5.87. The molecule has 0 spiro atoms. The van der Waals surface area contributed by atoms with Crippen molar-refractivity contribution in [3.63, 3.8) is 0 Å². The molecule has 5 heteroatoms. The summed E-state index contributed by atoms with van der Waals surface area (Å²) in [6, 6.07) is 12.2. The van der Waals surface area contributed by atoms with E-state index in [1.54, 1.807) is 12.1 Å². The smallest absolute Gasteiger partial charge is 0.335 e. The van der Waals surface area contributed by atoms with Crippen LogP contribution in [0.3, 0.4) is 0 Å². The predicted octanol–water partition coefficient (Wildman–Crippen LogP) is 2.70. The van der Waals surface area contributed by atoms with Crippen LogP contribution in [0.5, 0.6) is 5.75 Å². The van der Waals surface area contributed by atoms with Gasteiger partial charge in [-0.25, -0.2) is 4.79 Å². The van der Waals surface area contributed by atoms with Gasteiger partial charge < -0.3 is 15.2 Å². The molecule has 0 aliphatic carbocycles. The third-order valence-electron chi connectivity index (χ3n) is 3.45. The molecular weight excluding hydrogens is 294 g/mol. The average molecular weight is 313 g/mol. The summed E-state index contributed by atoms with van der Waals surface area (Å²) in [5.41, 5.74) is 3.03. The normalized spacial score (nSPS) is 10.2. The Morgan fingerprint density at radius 2 is 1.65 bits per heavy atom. The van der Waals surface area contributed by atoms with Crippen molar-refractivity contribution in [3.05, 3.63) is 64.7 Å². The number of carbonyl (C=O) groups is 2. The number of rotatable bonds is 6. The summed E-state index contributed by atoms with van der Waals surface area (Å²) >= 11 is 0. The van der Waals surface area contributed by atoms with Gasteiger partial charge in [-0.2, -0.15) is 0 Å². The van der Waals surface area contributed by atoms with Crippen LogP contribution in [0.15, 0.2) is 42.5 Å². The molecule has 0 unspecified atom stereocenters. The second kappa shape index (κ2) is 7.45. The van der Waals surface area contributed by atoms with Crippen molar-refractivity contribution < 1.29 is 19.4 Å². The Balaban J connectivity index is 1.84. The van der Waals surface area contributed by atoms with E-state index in [9.17, 15) is 9.59 Å². The third kappa shape index (κ3) is 4.57. The molecule has 0 heterocycles. The average Bonchev–Trinajstić information content (AvgIpc) is 2.53. The molecule has 2 aromatic rings. The van der Waals surface area contributed by atoms with E-state index in [1.165, 1.54) is 12.1 Å². The quantitative estimate of drug-likeness (QED) is 0.860. The first kappa shape index (κ1) is 16.5. The van der Waals surface area contributed by atoms with E-state index in [-0.39, 0.29) is 18.1 Å². The molecule has 0 fully saturated rings. The molecule has 2 N–H and O–H groups in total. The Hall–Kier alpha value is -2.82. The number of carboxylic acid groups (broad SMARTS) is 1. The van der Waals surface area contributed by atoms with Crippen molar-refractivity contribution >= 4 is 11.9 Å². The molecule has 5 nitrogen and oxygen atoms in total. The molecule has 0 aliphatic rings. The number of amides is 1. The summed E-state index contributed by atoms with van der Waals surface area (Å²) in [6.45, 7) is 4.14. The van der Waals surface area contributed by atoms with Crippen molar-refractivity contribution in [2.45, 2.75) is 20.4 Å². The zero-order valence-corrected chi connectivity index (χ0v) is 13.1. The Morgan fingerprint density at radius 1 is 1.04 bits per heavy atom. The number of carboxylic acids is 1. The fraction of sp³-hybridized carbons (Fsp3) is 0.222. The van der Waals surface area contributed by atoms with Crippen LogP contribution >= 0.6 is 0 Å². The van der Waals surface area contributed by atoms with E-state index in [0.29, 0.717) is 6.54 Å². The maximum absolute atomic E-state index is 11.9. The fourth-order valence-electron chi connectivity index (χ4n) is 2.18. The van der Waals surface area contributed by atoms with Crippen LogP contribution in [0, 0.1) is 13.8 Å². The number of ether oxygens (including phenoxy) is 1. The zero-order valence-electron chi connectivity index (χ0n) is 13.1. The molecule has 0 bridgehead atoms. The Morgan fingerprint density at radius 3 is 2.22 bits per heavy atom. The van der Waals surface area contributed by atoms with Gasteiger partial charge in [-0.15, -0.1) is 0 Å². The van der Waals surface area contributed by atoms with Crippen LogP contribution in [0.2, 0.25) is 0 Å². The summed E-state index contributed by atoms with van der Waals surface area (Å²) in [6.07, 6.45) is 0. The highest BCUT2D eigenvalue weighted by Gasteiger charge is 2.07. The Labute approximate surface area is 134 Å². The van der Waals surface area contributed by atoms with Gasteiger partial charge in [-0.3, -0.25) is 4.79 Å². The summed E-state index contributed by atoms with van der Waals surface area (Å²) in [7, 11) is 0. The van der Waals surface area contributed by atoms with Gasteiger partial charge in [0.25, 0.3) is 5.91 Å². The standard InChI is InChI=1S/C18H19NO4/c1-12-4-3-5-13(2)17(12)23-11-16(20)19-10-14-6-8-15(9-7-14)18(21)22/h3-9H,10-11H2,1-2H3,(H,19,20)(H,21,22). The van der Waals surface area contributed by atoms with Gasteiger partial charge in [0, 0.05) is 6.54 Å². The molecule has 0 aliphatic heterocycles. The zero-order chi connectivity index (χ0) is 16.8. The number of carbonyl (C=O) groups excluding carboxylic acids is 1. The van der Waals surface area contributed by atoms with Gasteiger partial charge in [-0.05, 0) is 42.7 Å². The molecule has 0 atom stereocenters. The number of para-hydroxylation sites is 1. The molecule has 0 radical (unpaired) electrons. The molecule has 2 aromatic carbocycles. The highest BCUT2D eigenvalue weighted by Crippen LogP contribution is 2.21. The number of aromatic carboxylic acids is 1. The van der Waals surface area contributed by atoms with E-state index < -0.39 is 5.97 Å². The van der Waals surface area contributed by atoms with Crippen LogP contribution in [-0.4, -0.2) is 23.6 Å². The maximum atomic E-state index is 11.9. The largest absolute Gasteiger partial charge is 0.483 e. The summed E-state index contributed by atoms with van der Waals surface area (Å²) in [5.74, 6) is -0.467. The SMILES string of the molecule is Cc1cccc(C)c1OCC(=O)NCc1ccc(C(=O)O)cc1. The van der Waals surface area contributed by atoms with Gasteiger partial charge in [0.2, 0.25) is 0 Å². The van der Waals surface area contributed by atoms with Gasteiger partial charge in [0.1, 0.15) is 5.75 Å². The highest BCUT2D eigenvalue weighted by atomic mass is 16.5. The topological polar surface area (TPSA) is 75.6 Å². The number of benzene rings is 2. The van der Waals surface area contributed by atoms with Gasteiger partial charge >= 0.3 is 5.97 Å². The lowest BCUT2D eigenvalue weighted by Crippen LogP contribution is -2.28. The van der Waals surface area contributed by atoms with Gasteiger partial charge in [-0.1, -0.05) is 30.3 Å². The Kier molecular flexibility index (Phi) is 5.36. The number of aryl methyl sites for hydroxylation is 2. The van der Waals surface area contributed by atoms with E-state index >= 15 is 0 Å². The maximum Gasteiger partial charge on any atom is 0.335 e. The molecule has 120 valence electrons. The second-order valence-electron chi connectivity index (χ2n) is 5.29. The summed E-state index contributed by atoms with van der Waals surface area (Å²) in [4.78, 5) is 22.6. The predicted molar refractivity (Wildman–Crippen MR) is 86.7 cm³/mol. The lowest BCUT2D eigenvalue weighted by atomic mass is 10.1. The molecule has 0 saturated carbocycles. The molecule has 0 saturated heterocycles. The summed E-state index contributed by atoms with van der Waals surface area (Å²) < 4.78 is 5.58. The molecule has 2 rings (SSSR count). The van der Waals surface area contributed by atoms with Crippen LogP contribution in [0.1, 0.15) is 27.0 Å². The number of hydrogen-bond acceptors (Lipinski definition) is 3. The van der Waals surface area contributed by atoms with Crippen LogP contribution in [0.25, 0.3) is 0 Å². The first-order valence-corrected chi connectivity index (χ1v) is 7.25. The second-order valence-corrected chi connectivity index (χ2v) is 5.29. The van der Waals surface area contributed by atoms with Crippen molar-refractivity contribution in [3.8, 4) is 5.75 Å². The molecular formula is C18H19NO4.